The molecule has 1 atom stereocenters. The molecule has 1 heterocycles. The number of hydrogen-bond acceptors (Lipinski definition) is 7. The van der Waals surface area contributed by atoms with Crippen molar-refractivity contribution in [3.05, 3.63) is 29.8 Å². The zero-order chi connectivity index (χ0) is 21.8. The molecule has 158 valence electrons. The maximum Gasteiger partial charge on any atom is 0.291 e. The zero-order valence-corrected chi connectivity index (χ0v) is 18.6. The van der Waals surface area contributed by atoms with E-state index in [-0.39, 0.29) is 38.6 Å². The van der Waals surface area contributed by atoms with Crippen molar-refractivity contribution < 1.29 is 18.0 Å². The number of nitrogens with zero attached hydrogens (tertiary/aromatic N) is 2. The van der Waals surface area contributed by atoms with Gasteiger partial charge in [0.15, 0.2) is 0 Å². The molecule has 0 bridgehead atoms. The van der Waals surface area contributed by atoms with Crippen molar-refractivity contribution in [2.45, 2.75) is 51.4 Å². The van der Waals surface area contributed by atoms with Crippen LogP contribution in [0.4, 0.5) is 10.8 Å². The van der Waals surface area contributed by atoms with Crippen LogP contribution in [0.5, 0.6) is 0 Å². The van der Waals surface area contributed by atoms with E-state index < -0.39 is 15.4 Å². The van der Waals surface area contributed by atoms with Crippen LogP contribution in [0.1, 0.15) is 51.4 Å². The maximum absolute atomic E-state index is 12.7. The van der Waals surface area contributed by atoms with Crippen LogP contribution in [-0.2, 0) is 14.8 Å². The molecule has 0 unspecified atom stereocenters. The zero-order valence-electron chi connectivity index (χ0n) is 16.9. The van der Waals surface area contributed by atoms with Gasteiger partial charge in [0.25, 0.3) is 20.3 Å². The minimum atomic E-state index is -4.09. The van der Waals surface area contributed by atoms with Gasteiger partial charge in [-0.25, -0.2) is 0 Å². The molecule has 2 aromatic rings. The summed E-state index contributed by atoms with van der Waals surface area (Å²) in [6.07, 6.45) is 0.744. The van der Waals surface area contributed by atoms with E-state index in [2.05, 4.69) is 25.6 Å². The van der Waals surface area contributed by atoms with Crippen LogP contribution in [-0.4, -0.2) is 36.5 Å². The van der Waals surface area contributed by atoms with Gasteiger partial charge in [0, 0.05) is 11.5 Å². The highest BCUT2D eigenvalue weighted by Gasteiger charge is 2.26. The highest BCUT2D eigenvalue weighted by molar-refractivity contribution is 7.94. The van der Waals surface area contributed by atoms with Crippen molar-refractivity contribution in [2.75, 3.05) is 10.0 Å². The number of sulfonamides is 1. The van der Waals surface area contributed by atoms with Gasteiger partial charge in [-0.1, -0.05) is 51.2 Å². The molecule has 1 aromatic heterocycles. The van der Waals surface area contributed by atoms with E-state index in [1.165, 1.54) is 12.1 Å². The van der Waals surface area contributed by atoms with Crippen LogP contribution in [0, 0.1) is 5.41 Å². The first-order valence-electron chi connectivity index (χ1n) is 9.01. The van der Waals surface area contributed by atoms with E-state index in [0.717, 1.165) is 17.8 Å². The largest absolute Gasteiger partial charge is 0.350 e. The lowest BCUT2D eigenvalue weighted by Crippen LogP contribution is -2.32. The Morgan fingerprint density at radius 3 is 2.45 bits per heavy atom. The molecule has 0 spiro atoms. The number of para-hydroxylation sites is 1. The first-order chi connectivity index (χ1) is 13.4. The van der Waals surface area contributed by atoms with E-state index in [9.17, 15) is 18.0 Å². The van der Waals surface area contributed by atoms with Crippen molar-refractivity contribution >= 4 is 44.0 Å². The predicted octanol–water partition coefficient (Wildman–Crippen LogP) is 2.85. The molecule has 1 aromatic carbocycles. The van der Waals surface area contributed by atoms with Crippen molar-refractivity contribution in [1.82, 2.24) is 15.5 Å². The molecule has 9 nitrogen and oxygen atoms in total. The Labute approximate surface area is 174 Å². The summed E-state index contributed by atoms with van der Waals surface area (Å²) in [7, 11) is -4.09. The van der Waals surface area contributed by atoms with Crippen LogP contribution in [0.15, 0.2) is 28.6 Å². The second kappa shape index (κ2) is 8.87. The van der Waals surface area contributed by atoms with Gasteiger partial charge in [-0.3, -0.25) is 14.3 Å². The van der Waals surface area contributed by atoms with E-state index in [4.69, 9.17) is 0 Å². The third kappa shape index (κ3) is 5.97. The van der Waals surface area contributed by atoms with Crippen molar-refractivity contribution in [3.8, 4) is 0 Å². The van der Waals surface area contributed by atoms with Crippen molar-refractivity contribution in [1.29, 1.82) is 0 Å². The number of nitrogens with one attached hydrogen (secondary N) is 3. The Kier molecular flexibility index (Phi) is 6.96. The van der Waals surface area contributed by atoms with E-state index >= 15 is 0 Å². The summed E-state index contributed by atoms with van der Waals surface area (Å²) in [5.74, 6) is -0.689. The van der Waals surface area contributed by atoms with Gasteiger partial charge in [-0.15, -0.1) is 10.2 Å². The molecular weight excluding hydrogens is 414 g/mol. The molecule has 2 rings (SSSR count). The molecule has 3 N–H and O–H groups in total. The standard InChI is InChI=1S/C18H25N5O4S2/c1-6-11(2)19-14(24)12-9-7-8-10-13(12)23-29(26,27)17-22-21-16(28-17)20-15(25)18(3,4)5/h7-11,23H,6H2,1-5H3,(H,19,24)(H,20,21,25)/t11-/m0/s1. The lowest BCUT2D eigenvalue weighted by Gasteiger charge is -2.15. The first-order valence-corrected chi connectivity index (χ1v) is 11.3. The summed E-state index contributed by atoms with van der Waals surface area (Å²) in [6, 6.07) is 6.24. The number of anilines is 2. The van der Waals surface area contributed by atoms with Crippen LogP contribution in [0.3, 0.4) is 0 Å². The van der Waals surface area contributed by atoms with Gasteiger partial charge in [-0.2, -0.15) is 8.42 Å². The Balaban J connectivity index is 2.23. The van der Waals surface area contributed by atoms with Gasteiger partial charge in [0.1, 0.15) is 0 Å². The van der Waals surface area contributed by atoms with Crippen molar-refractivity contribution in [3.63, 3.8) is 0 Å². The van der Waals surface area contributed by atoms with Crippen LogP contribution in [0.2, 0.25) is 0 Å². The van der Waals surface area contributed by atoms with E-state index in [0.29, 0.717) is 0 Å². The summed E-state index contributed by atoms with van der Waals surface area (Å²) in [6.45, 7) is 8.97. The van der Waals surface area contributed by atoms with Gasteiger partial charge in [-0.05, 0) is 25.5 Å². The van der Waals surface area contributed by atoms with Gasteiger partial charge < -0.3 is 10.6 Å². The maximum atomic E-state index is 12.7. The average Bonchev–Trinajstić information content (AvgIpc) is 3.10. The number of hydrogen-bond donors (Lipinski definition) is 3. The van der Waals surface area contributed by atoms with E-state index in [1.807, 2.05) is 13.8 Å². The van der Waals surface area contributed by atoms with Gasteiger partial charge >= 0.3 is 0 Å². The number of rotatable bonds is 7. The highest BCUT2D eigenvalue weighted by atomic mass is 32.2. The molecule has 2 amide bonds. The third-order valence-corrected chi connectivity index (χ3v) is 6.52. The summed E-state index contributed by atoms with van der Waals surface area (Å²) >= 11 is 0.727. The topological polar surface area (TPSA) is 130 Å². The predicted molar refractivity (Wildman–Crippen MR) is 112 cm³/mol. The Hall–Kier alpha value is -2.53. The van der Waals surface area contributed by atoms with E-state index in [1.54, 1.807) is 32.9 Å². The number of amides is 2. The average molecular weight is 440 g/mol. The SMILES string of the molecule is CC[C@H](C)NC(=O)c1ccccc1NS(=O)(=O)c1nnc(NC(=O)C(C)(C)C)s1. The molecule has 0 saturated heterocycles. The van der Waals surface area contributed by atoms with Crippen LogP contribution >= 0.6 is 11.3 Å². The fourth-order valence-corrected chi connectivity index (χ4v) is 3.99. The molecule has 0 aliphatic rings. The normalized spacial score (nSPS) is 12.9. The Morgan fingerprint density at radius 1 is 1.17 bits per heavy atom. The summed E-state index contributed by atoms with van der Waals surface area (Å²) in [4.78, 5) is 24.5. The quantitative estimate of drug-likeness (QED) is 0.569. The molecule has 0 fully saturated rings. The first kappa shape index (κ1) is 22.8. The third-order valence-electron chi connectivity index (χ3n) is 3.94. The molecule has 29 heavy (non-hydrogen) atoms. The second-order valence-corrected chi connectivity index (χ2v) is 10.3. The summed E-state index contributed by atoms with van der Waals surface area (Å²) < 4.78 is 27.5. The van der Waals surface area contributed by atoms with Crippen molar-refractivity contribution in [2.24, 2.45) is 5.41 Å². The molecule has 0 saturated carbocycles. The monoisotopic (exact) mass is 439 g/mol. The Bertz CT molecular complexity index is 996. The van der Waals surface area contributed by atoms with Crippen LogP contribution < -0.4 is 15.4 Å². The second-order valence-electron chi connectivity index (χ2n) is 7.51. The molecular formula is C18H25N5O4S2. The Morgan fingerprint density at radius 2 is 1.83 bits per heavy atom. The highest BCUT2D eigenvalue weighted by Crippen LogP contribution is 2.26. The fraction of sp³-hybridized carbons (Fsp3) is 0.444. The minimum Gasteiger partial charge on any atom is -0.350 e. The number of carbonyl (C=O) groups excluding carboxylic acids is 2. The number of carbonyl (C=O) groups is 2. The smallest absolute Gasteiger partial charge is 0.291 e. The number of benzene rings is 1. The molecule has 0 aliphatic heterocycles. The minimum absolute atomic E-state index is 0.0516. The molecule has 0 radical (unpaired) electrons. The molecule has 11 heteroatoms. The lowest BCUT2D eigenvalue weighted by atomic mass is 9.96. The fourth-order valence-electron chi connectivity index (χ4n) is 2.02. The van der Waals surface area contributed by atoms with Gasteiger partial charge in [0.05, 0.1) is 11.3 Å². The number of aromatic nitrogens is 2. The van der Waals surface area contributed by atoms with Crippen LogP contribution in [0.25, 0.3) is 0 Å². The summed E-state index contributed by atoms with van der Waals surface area (Å²) in [5, 5.41) is 12.8. The molecule has 0 aliphatic carbocycles. The lowest BCUT2D eigenvalue weighted by molar-refractivity contribution is -0.123. The summed E-state index contributed by atoms with van der Waals surface area (Å²) in [5.41, 5.74) is -0.337. The van der Waals surface area contributed by atoms with Gasteiger partial charge in [0.2, 0.25) is 11.0 Å².